The number of nitrogens with zero attached hydrogens (tertiary/aromatic N) is 2. The van der Waals surface area contributed by atoms with Crippen molar-refractivity contribution in [3.63, 3.8) is 0 Å². The van der Waals surface area contributed by atoms with E-state index in [1.165, 1.54) is 5.04 Å². The third kappa shape index (κ3) is 11.6. The molecule has 23 heavy (non-hydrogen) atoms. The number of likely N-dealkylation sites (tertiary alicyclic amines) is 1. The summed E-state index contributed by atoms with van der Waals surface area (Å²) in [4.78, 5) is 6.79. The molecule has 1 aliphatic rings. The number of thioether (sulfide) groups is 1. The summed E-state index contributed by atoms with van der Waals surface area (Å²) in [5, 5.41) is 11.1. The lowest BCUT2D eigenvalue weighted by atomic mass is 9.96. The average Bonchev–Trinajstić information content (AvgIpc) is 2.56. The summed E-state index contributed by atoms with van der Waals surface area (Å²) in [5.41, 5.74) is 0. The summed E-state index contributed by atoms with van der Waals surface area (Å²) < 4.78 is 0. The van der Waals surface area contributed by atoms with Gasteiger partial charge in [-0.25, -0.2) is 0 Å². The minimum Gasteiger partial charge on any atom is -0.378 e. The van der Waals surface area contributed by atoms with Crippen molar-refractivity contribution in [1.82, 2.24) is 4.90 Å². The molecular weight excluding hydrogens is 304 g/mol. The Hall–Kier alpha value is -0.580. The number of hydrogen-bond acceptors (Lipinski definition) is 4. The van der Waals surface area contributed by atoms with E-state index < -0.39 is 0 Å². The Morgan fingerprint density at radius 3 is 2.48 bits per heavy atom. The molecule has 0 aliphatic carbocycles. The van der Waals surface area contributed by atoms with E-state index in [-0.39, 0.29) is 12.3 Å². The van der Waals surface area contributed by atoms with Crippen LogP contribution in [0.5, 0.6) is 0 Å². The molecule has 0 amide bonds. The van der Waals surface area contributed by atoms with Gasteiger partial charge >= 0.3 is 0 Å². The molecule has 0 aromatic rings. The molecule has 4 heteroatoms. The number of aliphatic imine (C=N–C) groups is 1. The zero-order valence-corrected chi connectivity index (χ0v) is 17.1. The van der Waals surface area contributed by atoms with E-state index in [0.29, 0.717) is 5.92 Å². The molecule has 0 aromatic carbocycles. The normalized spacial score (nSPS) is 23.4. The summed E-state index contributed by atoms with van der Waals surface area (Å²) in [5.74, 6) is 0.420. The van der Waals surface area contributed by atoms with Gasteiger partial charge < -0.3 is 5.11 Å². The highest BCUT2D eigenvalue weighted by Gasteiger charge is 2.27. The number of allylic oxidation sites excluding steroid dienone is 2. The Labute approximate surface area is 149 Å². The SMILES string of the molecule is C=CC.CC.CC/C=C\C(C)N=C(SC)[C@@H]1CCN(C)C(O)C1. The fourth-order valence-corrected chi connectivity index (χ4v) is 3.01. The van der Waals surface area contributed by atoms with Crippen LogP contribution >= 0.6 is 11.8 Å². The van der Waals surface area contributed by atoms with Crippen LogP contribution in [0, 0.1) is 5.92 Å². The number of piperidine rings is 1. The van der Waals surface area contributed by atoms with Crippen LogP contribution in [0.2, 0.25) is 0 Å². The maximum absolute atomic E-state index is 9.92. The van der Waals surface area contributed by atoms with Gasteiger partial charge in [-0.15, -0.1) is 18.3 Å². The lowest BCUT2D eigenvalue weighted by Crippen LogP contribution is -2.41. The molecule has 136 valence electrons. The van der Waals surface area contributed by atoms with Gasteiger partial charge in [0.1, 0.15) is 6.23 Å². The van der Waals surface area contributed by atoms with Crippen molar-refractivity contribution >= 4 is 16.8 Å². The molecule has 0 radical (unpaired) electrons. The van der Waals surface area contributed by atoms with E-state index in [9.17, 15) is 5.11 Å². The summed E-state index contributed by atoms with van der Waals surface area (Å²) >= 11 is 1.73. The summed E-state index contributed by atoms with van der Waals surface area (Å²) in [7, 11) is 1.98. The van der Waals surface area contributed by atoms with Crippen LogP contribution in [0.1, 0.15) is 53.9 Å². The molecule has 1 fully saturated rings. The number of hydrogen-bond donors (Lipinski definition) is 1. The van der Waals surface area contributed by atoms with Crippen LogP contribution in [0.4, 0.5) is 0 Å². The lowest BCUT2D eigenvalue weighted by Gasteiger charge is -2.34. The van der Waals surface area contributed by atoms with E-state index in [1.807, 2.05) is 32.7 Å². The highest BCUT2D eigenvalue weighted by atomic mass is 32.2. The van der Waals surface area contributed by atoms with Crippen molar-refractivity contribution < 1.29 is 5.11 Å². The van der Waals surface area contributed by atoms with Crippen LogP contribution in [-0.4, -0.2) is 47.2 Å². The van der Waals surface area contributed by atoms with E-state index >= 15 is 0 Å². The van der Waals surface area contributed by atoms with Gasteiger partial charge in [0.2, 0.25) is 0 Å². The molecule has 1 N–H and O–H groups in total. The number of rotatable bonds is 4. The van der Waals surface area contributed by atoms with Gasteiger partial charge in [0.05, 0.1) is 11.1 Å². The Morgan fingerprint density at radius 1 is 1.48 bits per heavy atom. The predicted molar refractivity (Wildman–Crippen MR) is 108 cm³/mol. The molecule has 0 aromatic heterocycles. The zero-order valence-electron chi connectivity index (χ0n) is 16.2. The smallest absolute Gasteiger partial charge is 0.107 e. The van der Waals surface area contributed by atoms with Gasteiger partial charge in [0.25, 0.3) is 0 Å². The quantitative estimate of drug-likeness (QED) is 0.444. The minimum absolute atomic E-state index is 0.240. The summed E-state index contributed by atoms with van der Waals surface area (Å²) in [6.45, 7) is 14.5. The van der Waals surface area contributed by atoms with Gasteiger partial charge in [-0.2, -0.15) is 0 Å². The molecule has 0 spiro atoms. The first-order valence-electron chi connectivity index (χ1n) is 8.73. The third-order valence-electron chi connectivity index (χ3n) is 3.37. The largest absolute Gasteiger partial charge is 0.378 e. The average molecular weight is 343 g/mol. The van der Waals surface area contributed by atoms with Crippen molar-refractivity contribution in [1.29, 1.82) is 0 Å². The first-order valence-corrected chi connectivity index (χ1v) is 9.96. The summed E-state index contributed by atoms with van der Waals surface area (Å²) in [6, 6.07) is 0.240. The van der Waals surface area contributed by atoms with Gasteiger partial charge in [-0.1, -0.05) is 39.0 Å². The van der Waals surface area contributed by atoms with Gasteiger partial charge in [0, 0.05) is 12.5 Å². The monoisotopic (exact) mass is 342 g/mol. The van der Waals surface area contributed by atoms with Crippen LogP contribution in [0.3, 0.4) is 0 Å². The molecule has 1 saturated heterocycles. The van der Waals surface area contributed by atoms with E-state index in [2.05, 4.69) is 38.8 Å². The second-order valence-electron chi connectivity index (χ2n) is 5.34. The maximum atomic E-state index is 9.92. The van der Waals surface area contributed by atoms with Crippen molar-refractivity contribution in [2.45, 2.75) is 66.2 Å². The Kier molecular flexibility index (Phi) is 17.5. The highest BCUT2D eigenvalue weighted by Crippen LogP contribution is 2.26. The number of aliphatic hydroxyl groups excluding tert-OH is 1. The highest BCUT2D eigenvalue weighted by molar-refractivity contribution is 8.13. The van der Waals surface area contributed by atoms with Crippen LogP contribution in [0.15, 0.2) is 29.8 Å². The predicted octanol–water partition coefficient (Wildman–Crippen LogP) is 4.98. The van der Waals surface area contributed by atoms with Crippen molar-refractivity contribution in [3.05, 3.63) is 24.8 Å². The lowest BCUT2D eigenvalue weighted by molar-refractivity contribution is -0.0150. The van der Waals surface area contributed by atoms with Gasteiger partial charge in [-0.05, 0) is 46.4 Å². The molecule has 2 unspecified atom stereocenters. The third-order valence-corrected chi connectivity index (χ3v) is 4.23. The minimum atomic E-state index is -0.317. The fourth-order valence-electron chi connectivity index (χ4n) is 2.19. The Bertz CT molecular complexity index is 342. The van der Waals surface area contributed by atoms with Crippen molar-refractivity contribution in [2.24, 2.45) is 10.9 Å². The van der Waals surface area contributed by atoms with E-state index in [0.717, 1.165) is 25.8 Å². The fraction of sp³-hybridized carbons (Fsp3) is 0.737. The van der Waals surface area contributed by atoms with Crippen LogP contribution < -0.4 is 0 Å². The van der Waals surface area contributed by atoms with E-state index in [4.69, 9.17) is 4.99 Å². The molecule has 3 nitrogen and oxygen atoms in total. The topological polar surface area (TPSA) is 35.8 Å². The van der Waals surface area contributed by atoms with Crippen molar-refractivity contribution in [3.8, 4) is 0 Å². The molecular formula is C19H38N2OS. The standard InChI is InChI=1S/C14H26N2OS.C3H6.C2H6/c1-5-6-7-11(2)15-14(18-4)12-8-9-16(3)13(17)10-12;1-3-2;1-2/h6-7,11-13,17H,5,8-10H2,1-4H3;3H,1H2,2H3;1-2H3/b7-6-,15-14?;;/t11?,12-,13?;;/m1../s1. The molecule has 1 heterocycles. The Balaban J connectivity index is 0. The van der Waals surface area contributed by atoms with Crippen molar-refractivity contribution in [2.75, 3.05) is 19.8 Å². The second-order valence-corrected chi connectivity index (χ2v) is 6.17. The van der Waals surface area contributed by atoms with E-state index in [1.54, 1.807) is 17.8 Å². The van der Waals surface area contributed by atoms with Crippen LogP contribution in [0.25, 0.3) is 0 Å². The number of aliphatic hydroxyl groups is 1. The molecule has 0 saturated carbocycles. The molecule has 1 rings (SSSR count). The second kappa shape index (κ2) is 16.3. The molecule has 0 bridgehead atoms. The van der Waals surface area contributed by atoms with Gasteiger partial charge in [-0.3, -0.25) is 9.89 Å². The molecule has 1 aliphatic heterocycles. The first kappa shape index (κ1) is 24.7. The molecule has 3 atom stereocenters. The summed E-state index contributed by atoms with van der Waals surface area (Å²) in [6.07, 6.45) is 10.8. The zero-order chi connectivity index (χ0) is 18.3. The Morgan fingerprint density at radius 2 is 2.04 bits per heavy atom. The van der Waals surface area contributed by atoms with Gasteiger partial charge in [0.15, 0.2) is 0 Å². The van der Waals surface area contributed by atoms with Crippen LogP contribution in [-0.2, 0) is 0 Å². The maximum Gasteiger partial charge on any atom is 0.107 e. The first-order chi connectivity index (χ1) is 11.0.